The molecule has 0 aliphatic heterocycles. The highest BCUT2D eigenvalue weighted by Gasteiger charge is 2.31. The summed E-state index contributed by atoms with van der Waals surface area (Å²) in [6.45, 7) is 2.11. The lowest BCUT2D eigenvalue weighted by molar-refractivity contribution is 0.0524. The van der Waals surface area contributed by atoms with E-state index in [1.807, 2.05) is 0 Å². The summed E-state index contributed by atoms with van der Waals surface area (Å²) in [6, 6.07) is 4.81. The van der Waals surface area contributed by atoms with Crippen molar-refractivity contribution in [3.05, 3.63) is 29.5 Å². The van der Waals surface area contributed by atoms with E-state index in [0.717, 1.165) is 19.3 Å². The molecule has 0 atom stereocenters. The predicted molar refractivity (Wildman–Crippen MR) is 70.4 cm³/mol. The Morgan fingerprint density at radius 3 is 2.89 bits per heavy atom. The maximum absolute atomic E-state index is 12.1. The zero-order valence-corrected chi connectivity index (χ0v) is 10.8. The molecule has 1 saturated carbocycles. The van der Waals surface area contributed by atoms with Gasteiger partial charge in [-0.05, 0) is 38.0 Å². The van der Waals surface area contributed by atoms with Crippen LogP contribution in [0.2, 0.25) is 0 Å². The number of hydrogen-bond acceptors (Lipinski definition) is 4. The molecule has 4 nitrogen and oxygen atoms in total. The number of carbonyl (C=O) groups is 1. The monoisotopic (exact) mass is 260 g/mol. The minimum absolute atomic E-state index is 0.124. The molecule has 19 heavy (non-hydrogen) atoms. The van der Waals surface area contributed by atoms with E-state index in [0.29, 0.717) is 34.8 Å². The molecule has 1 heterocycles. The van der Waals surface area contributed by atoms with E-state index in [1.54, 1.807) is 25.1 Å². The molecular weight excluding hydrogens is 244 g/mol. The zero-order valence-electron chi connectivity index (χ0n) is 10.8. The SMILES string of the molecule is CCOC(=O)c1c(C2CCC2)oc2ccc(O)cc12. The maximum Gasteiger partial charge on any atom is 0.342 e. The molecule has 0 saturated heterocycles. The van der Waals surface area contributed by atoms with Crippen molar-refractivity contribution >= 4 is 16.9 Å². The fraction of sp³-hybridized carbons (Fsp3) is 0.400. The Morgan fingerprint density at radius 1 is 1.47 bits per heavy atom. The van der Waals surface area contributed by atoms with Crippen molar-refractivity contribution < 1.29 is 19.1 Å². The fourth-order valence-electron chi connectivity index (χ4n) is 2.48. The average molecular weight is 260 g/mol. The van der Waals surface area contributed by atoms with Gasteiger partial charge in [0.2, 0.25) is 0 Å². The third-order valence-electron chi connectivity index (χ3n) is 3.65. The topological polar surface area (TPSA) is 59.7 Å². The first-order chi connectivity index (χ1) is 9.20. The van der Waals surface area contributed by atoms with Crippen LogP contribution in [0.25, 0.3) is 11.0 Å². The third kappa shape index (κ3) is 1.97. The smallest absolute Gasteiger partial charge is 0.342 e. The Labute approximate surface area is 111 Å². The summed E-state index contributed by atoms with van der Waals surface area (Å²) in [5, 5.41) is 10.2. The van der Waals surface area contributed by atoms with Crippen LogP contribution in [0.5, 0.6) is 5.75 Å². The van der Waals surface area contributed by atoms with E-state index in [9.17, 15) is 9.90 Å². The van der Waals surface area contributed by atoms with Gasteiger partial charge in [-0.3, -0.25) is 0 Å². The number of fused-ring (bicyclic) bond motifs is 1. The summed E-state index contributed by atoms with van der Waals surface area (Å²) in [5.41, 5.74) is 1.11. The van der Waals surface area contributed by atoms with Gasteiger partial charge in [0.15, 0.2) is 0 Å². The highest BCUT2D eigenvalue weighted by atomic mass is 16.5. The van der Waals surface area contributed by atoms with Crippen LogP contribution in [0.4, 0.5) is 0 Å². The lowest BCUT2D eigenvalue weighted by Gasteiger charge is -2.23. The summed E-state index contributed by atoms with van der Waals surface area (Å²) in [4.78, 5) is 12.1. The average Bonchev–Trinajstić information content (AvgIpc) is 2.65. The molecule has 0 bridgehead atoms. The standard InChI is InChI=1S/C15H16O4/c1-2-18-15(17)13-11-8-10(16)6-7-12(11)19-14(13)9-4-3-5-9/h6-9,16H,2-5H2,1H3. The Balaban J connectivity index is 2.17. The van der Waals surface area contributed by atoms with Gasteiger partial charge in [0.05, 0.1) is 6.61 Å². The molecule has 4 heteroatoms. The first-order valence-corrected chi connectivity index (χ1v) is 6.63. The Kier molecular flexibility index (Phi) is 2.93. The van der Waals surface area contributed by atoms with Gasteiger partial charge < -0.3 is 14.3 Å². The van der Waals surface area contributed by atoms with Crippen molar-refractivity contribution in [3.63, 3.8) is 0 Å². The van der Waals surface area contributed by atoms with Gasteiger partial charge >= 0.3 is 5.97 Å². The molecule has 1 aliphatic rings. The number of carbonyl (C=O) groups excluding carboxylic acids is 1. The highest BCUT2D eigenvalue weighted by molar-refractivity contribution is 6.05. The number of esters is 1. The van der Waals surface area contributed by atoms with E-state index >= 15 is 0 Å². The molecule has 2 aromatic rings. The van der Waals surface area contributed by atoms with Crippen LogP contribution in [0, 0.1) is 0 Å². The second-order valence-electron chi connectivity index (χ2n) is 4.87. The quantitative estimate of drug-likeness (QED) is 0.857. The first-order valence-electron chi connectivity index (χ1n) is 6.63. The van der Waals surface area contributed by atoms with Crippen molar-refractivity contribution in [1.82, 2.24) is 0 Å². The van der Waals surface area contributed by atoms with Gasteiger partial charge in [0.25, 0.3) is 0 Å². The third-order valence-corrected chi connectivity index (χ3v) is 3.65. The molecule has 0 radical (unpaired) electrons. The lowest BCUT2D eigenvalue weighted by Crippen LogP contribution is -2.13. The van der Waals surface area contributed by atoms with Crippen LogP contribution in [0.15, 0.2) is 22.6 Å². The van der Waals surface area contributed by atoms with Crippen LogP contribution in [-0.2, 0) is 4.74 Å². The van der Waals surface area contributed by atoms with Gasteiger partial charge in [-0.15, -0.1) is 0 Å². The zero-order chi connectivity index (χ0) is 13.4. The van der Waals surface area contributed by atoms with E-state index in [1.165, 1.54) is 0 Å². The van der Waals surface area contributed by atoms with E-state index in [-0.39, 0.29) is 11.7 Å². The molecular formula is C15H16O4. The normalized spacial score (nSPS) is 15.4. The number of phenolic OH excluding ortho intramolecular Hbond substituents is 1. The van der Waals surface area contributed by atoms with Crippen LogP contribution in [0.1, 0.15) is 48.2 Å². The van der Waals surface area contributed by atoms with Crippen molar-refractivity contribution in [2.75, 3.05) is 6.61 Å². The lowest BCUT2D eigenvalue weighted by atomic mass is 9.82. The summed E-state index contributed by atoms with van der Waals surface area (Å²) in [6.07, 6.45) is 3.24. The maximum atomic E-state index is 12.1. The number of benzene rings is 1. The summed E-state index contributed by atoms with van der Waals surface area (Å²) < 4.78 is 10.9. The number of hydrogen-bond donors (Lipinski definition) is 1. The van der Waals surface area contributed by atoms with E-state index in [4.69, 9.17) is 9.15 Å². The van der Waals surface area contributed by atoms with Crippen LogP contribution < -0.4 is 0 Å². The predicted octanol–water partition coefficient (Wildman–Crippen LogP) is 3.58. The van der Waals surface area contributed by atoms with E-state index < -0.39 is 0 Å². The Bertz CT molecular complexity index is 622. The molecule has 0 spiro atoms. The van der Waals surface area contributed by atoms with Gasteiger partial charge in [0, 0.05) is 11.3 Å². The Morgan fingerprint density at radius 2 is 2.26 bits per heavy atom. The van der Waals surface area contributed by atoms with Gasteiger partial charge in [0.1, 0.15) is 22.7 Å². The van der Waals surface area contributed by atoms with Crippen molar-refractivity contribution in [2.24, 2.45) is 0 Å². The second kappa shape index (κ2) is 4.61. The number of furan rings is 1. The summed E-state index contributed by atoms with van der Waals surface area (Å²) in [5.74, 6) is 0.770. The number of aromatic hydroxyl groups is 1. The molecule has 1 aromatic heterocycles. The molecule has 0 amide bonds. The van der Waals surface area contributed by atoms with Crippen LogP contribution >= 0.6 is 0 Å². The molecule has 100 valence electrons. The minimum Gasteiger partial charge on any atom is -0.508 e. The number of phenols is 1. The number of ether oxygens (including phenoxy) is 1. The molecule has 0 unspecified atom stereocenters. The summed E-state index contributed by atoms with van der Waals surface area (Å²) >= 11 is 0. The minimum atomic E-state index is -0.367. The largest absolute Gasteiger partial charge is 0.508 e. The Hall–Kier alpha value is -1.97. The molecule has 3 rings (SSSR count). The van der Waals surface area contributed by atoms with Crippen molar-refractivity contribution in [3.8, 4) is 5.75 Å². The van der Waals surface area contributed by atoms with Crippen LogP contribution in [0.3, 0.4) is 0 Å². The molecule has 1 fully saturated rings. The molecule has 1 N–H and O–H groups in total. The van der Waals surface area contributed by atoms with Gasteiger partial charge in [-0.25, -0.2) is 4.79 Å². The van der Waals surface area contributed by atoms with E-state index in [2.05, 4.69) is 0 Å². The number of rotatable bonds is 3. The molecule has 1 aromatic carbocycles. The summed E-state index contributed by atoms with van der Waals surface area (Å²) in [7, 11) is 0. The van der Waals surface area contributed by atoms with Crippen molar-refractivity contribution in [1.29, 1.82) is 0 Å². The second-order valence-corrected chi connectivity index (χ2v) is 4.87. The van der Waals surface area contributed by atoms with Gasteiger partial charge in [-0.1, -0.05) is 6.42 Å². The van der Waals surface area contributed by atoms with Crippen molar-refractivity contribution in [2.45, 2.75) is 32.1 Å². The molecule has 1 aliphatic carbocycles. The van der Waals surface area contributed by atoms with Gasteiger partial charge in [-0.2, -0.15) is 0 Å². The first kappa shape index (κ1) is 12.1. The highest BCUT2D eigenvalue weighted by Crippen LogP contribution is 2.42. The van der Waals surface area contributed by atoms with Crippen LogP contribution in [-0.4, -0.2) is 17.7 Å². The fourth-order valence-corrected chi connectivity index (χ4v) is 2.48.